The molecule has 35 heavy (non-hydrogen) atoms. The van der Waals surface area contributed by atoms with Crippen molar-refractivity contribution in [1.82, 2.24) is 9.21 Å². The van der Waals surface area contributed by atoms with Crippen LogP contribution < -0.4 is 0 Å². The maximum Gasteiger partial charge on any atom is 0.252 e. The van der Waals surface area contributed by atoms with Gasteiger partial charge in [0.1, 0.15) is 4.21 Å². The van der Waals surface area contributed by atoms with Crippen LogP contribution in [-0.2, 0) is 16.4 Å². The maximum absolute atomic E-state index is 13.0. The molecule has 0 amide bonds. The van der Waals surface area contributed by atoms with E-state index in [1.54, 1.807) is 19.2 Å². The predicted molar refractivity (Wildman–Crippen MR) is 146 cm³/mol. The number of likely N-dealkylation sites (N-methyl/N-ethyl adjacent to an activating group) is 1. The van der Waals surface area contributed by atoms with Gasteiger partial charge in [0.05, 0.1) is 0 Å². The monoisotopic (exact) mass is 510 g/mol. The number of aryl methyl sites for hydroxylation is 1. The van der Waals surface area contributed by atoms with E-state index in [1.165, 1.54) is 58.9 Å². The molecule has 188 valence electrons. The minimum Gasteiger partial charge on any atom is -0.303 e. The Balaban J connectivity index is 1.27. The molecule has 0 bridgehead atoms. The van der Waals surface area contributed by atoms with Crippen molar-refractivity contribution in [3.63, 3.8) is 0 Å². The van der Waals surface area contributed by atoms with Gasteiger partial charge >= 0.3 is 0 Å². The molecular weight excluding hydrogens is 472 g/mol. The Morgan fingerprint density at radius 1 is 0.971 bits per heavy atom. The summed E-state index contributed by atoms with van der Waals surface area (Å²) in [5.41, 5.74) is 2.67. The van der Waals surface area contributed by atoms with Crippen molar-refractivity contribution < 1.29 is 8.42 Å². The average molecular weight is 511 g/mol. The highest BCUT2D eigenvalue weighted by Crippen LogP contribution is 2.28. The number of likely N-dealkylation sites (tertiary alicyclic amines) is 1. The van der Waals surface area contributed by atoms with E-state index in [1.807, 2.05) is 11.4 Å². The van der Waals surface area contributed by atoms with Gasteiger partial charge in [-0.25, -0.2) is 8.42 Å². The largest absolute Gasteiger partial charge is 0.303 e. The molecule has 0 unspecified atom stereocenters. The van der Waals surface area contributed by atoms with Gasteiger partial charge in [0.25, 0.3) is 10.0 Å². The van der Waals surface area contributed by atoms with Crippen LogP contribution in [0.3, 0.4) is 0 Å². The second kappa shape index (κ2) is 12.8. The fourth-order valence-electron chi connectivity index (χ4n) is 5.14. The normalized spacial score (nSPS) is 16.5. The third kappa shape index (κ3) is 7.50. The molecule has 4 nitrogen and oxygen atoms in total. The molecule has 1 saturated heterocycles. The smallest absolute Gasteiger partial charge is 0.252 e. The Labute approximate surface area is 215 Å². The summed E-state index contributed by atoms with van der Waals surface area (Å²) in [5.74, 6) is 1.02. The number of thiophene rings is 1. The molecule has 1 aliphatic heterocycles. The van der Waals surface area contributed by atoms with E-state index in [-0.39, 0.29) is 5.92 Å². The molecule has 0 saturated carbocycles. The van der Waals surface area contributed by atoms with Crippen LogP contribution in [0.1, 0.15) is 49.1 Å². The Morgan fingerprint density at radius 2 is 1.66 bits per heavy atom. The van der Waals surface area contributed by atoms with Gasteiger partial charge in [0, 0.05) is 13.6 Å². The minimum absolute atomic E-state index is 0.180. The lowest BCUT2D eigenvalue weighted by Gasteiger charge is -2.33. The number of nitrogens with zero attached hydrogens (tertiary/aromatic N) is 2. The van der Waals surface area contributed by atoms with Crippen LogP contribution in [0.15, 0.2) is 82.4 Å². The van der Waals surface area contributed by atoms with Gasteiger partial charge in [-0.3, -0.25) is 0 Å². The first-order valence-corrected chi connectivity index (χ1v) is 15.2. The zero-order valence-corrected chi connectivity index (χ0v) is 22.4. The lowest BCUT2D eigenvalue weighted by molar-refractivity contribution is 0.171. The summed E-state index contributed by atoms with van der Waals surface area (Å²) in [6.45, 7) is 3.82. The predicted octanol–water partition coefficient (Wildman–Crippen LogP) is 6.28. The van der Waals surface area contributed by atoms with Crippen molar-refractivity contribution in [2.24, 2.45) is 5.92 Å². The van der Waals surface area contributed by atoms with Crippen LogP contribution in [0.2, 0.25) is 0 Å². The van der Waals surface area contributed by atoms with Gasteiger partial charge in [-0.2, -0.15) is 4.31 Å². The Kier molecular flexibility index (Phi) is 9.55. The Hall–Kier alpha value is -1.99. The lowest BCUT2D eigenvalue weighted by Crippen LogP contribution is -2.36. The maximum atomic E-state index is 13.0. The van der Waals surface area contributed by atoms with Crippen molar-refractivity contribution in [3.05, 3.63) is 89.3 Å². The van der Waals surface area contributed by atoms with Crippen LogP contribution in [0.5, 0.6) is 0 Å². The van der Waals surface area contributed by atoms with Gasteiger partial charge in [-0.05, 0) is 86.1 Å². The summed E-state index contributed by atoms with van der Waals surface area (Å²) in [4.78, 5) is 2.58. The molecule has 6 heteroatoms. The van der Waals surface area contributed by atoms with Gasteiger partial charge in [0.2, 0.25) is 0 Å². The van der Waals surface area contributed by atoms with Crippen LogP contribution >= 0.6 is 11.3 Å². The summed E-state index contributed by atoms with van der Waals surface area (Å²) in [6, 6.07) is 24.7. The average Bonchev–Trinajstić information content (AvgIpc) is 3.44. The van der Waals surface area contributed by atoms with Gasteiger partial charge in [0.15, 0.2) is 0 Å². The van der Waals surface area contributed by atoms with Crippen molar-refractivity contribution in [1.29, 1.82) is 0 Å². The number of piperidine rings is 1. The third-order valence-electron chi connectivity index (χ3n) is 7.33. The zero-order valence-electron chi connectivity index (χ0n) is 20.8. The second-order valence-corrected chi connectivity index (χ2v) is 13.0. The van der Waals surface area contributed by atoms with E-state index in [2.05, 4.69) is 59.5 Å². The molecule has 0 N–H and O–H groups in total. The zero-order chi connectivity index (χ0) is 24.5. The molecule has 1 atom stereocenters. The van der Waals surface area contributed by atoms with E-state index >= 15 is 0 Å². The number of sulfonamides is 1. The highest BCUT2D eigenvalue weighted by Gasteiger charge is 2.26. The van der Waals surface area contributed by atoms with Crippen molar-refractivity contribution >= 4 is 21.4 Å². The van der Waals surface area contributed by atoms with Crippen LogP contribution in [0.25, 0.3) is 0 Å². The van der Waals surface area contributed by atoms with E-state index in [4.69, 9.17) is 0 Å². The molecule has 2 aromatic carbocycles. The van der Waals surface area contributed by atoms with Crippen molar-refractivity contribution in [2.75, 3.05) is 33.2 Å². The van der Waals surface area contributed by atoms with Crippen LogP contribution in [0, 0.1) is 5.92 Å². The fourth-order valence-corrected chi connectivity index (χ4v) is 7.55. The topological polar surface area (TPSA) is 40.6 Å². The van der Waals surface area contributed by atoms with Crippen LogP contribution in [0.4, 0.5) is 0 Å². The second-order valence-electron chi connectivity index (χ2n) is 9.78. The SMILES string of the molecule is CN(C[C@H](CCN1CCC(CCCc2ccccc2)CC1)c1ccccc1)S(=O)(=O)c1cccs1. The summed E-state index contributed by atoms with van der Waals surface area (Å²) in [7, 11) is -1.73. The van der Waals surface area contributed by atoms with E-state index < -0.39 is 10.0 Å². The molecule has 1 aliphatic rings. The summed E-state index contributed by atoms with van der Waals surface area (Å²) >= 11 is 1.28. The molecule has 0 radical (unpaired) electrons. The quantitative estimate of drug-likeness (QED) is 0.288. The number of hydrogen-bond acceptors (Lipinski definition) is 4. The summed E-state index contributed by atoms with van der Waals surface area (Å²) in [5, 5.41) is 1.82. The lowest BCUT2D eigenvalue weighted by atomic mass is 9.90. The summed E-state index contributed by atoms with van der Waals surface area (Å²) < 4.78 is 28.0. The van der Waals surface area contributed by atoms with Crippen molar-refractivity contribution in [3.8, 4) is 0 Å². The standard InChI is InChI=1S/C29H38N2O2S2/c1-30(35(32,33)29-16-9-23-34-29)24-28(27-14-6-3-7-15-27)19-22-31-20-17-26(18-21-31)13-8-12-25-10-4-2-5-11-25/h2-7,9-11,14-16,23,26,28H,8,12-13,17-22,24H2,1H3/t28-/m0/s1. The molecule has 1 fully saturated rings. The van der Waals surface area contributed by atoms with Crippen LogP contribution in [-0.4, -0.2) is 50.8 Å². The molecule has 0 spiro atoms. The molecule has 3 aromatic rings. The first-order chi connectivity index (χ1) is 17.0. The number of benzene rings is 2. The Bertz CT molecular complexity index is 1090. The highest BCUT2D eigenvalue weighted by molar-refractivity contribution is 7.91. The number of hydrogen-bond donors (Lipinski definition) is 0. The number of rotatable bonds is 12. The molecule has 4 rings (SSSR count). The Morgan fingerprint density at radius 3 is 2.31 bits per heavy atom. The van der Waals surface area contributed by atoms with Gasteiger partial charge in [-0.1, -0.05) is 73.2 Å². The summed E-state index contributed by atoms with van der Waals surface area (Å²) in [6.07, 6.45) is 7.29. The van der Waals surface area contributed by atoms with E-state index in [0.29, 0.717) is 10.8 Å². The minimum atomic E-state index is -3.44. The highest BCUT2D eigenvalue weighted by atomic mass is 32.2. The van der Waals surface area contributed by atoms with Crippen molar-refractivity contribution in [2.45, 2.75) is 48.7 Å². The molecule has 1 aromatic heterocycles. The van der Waals surface area contributed by atoms with Gasteiger partial charge in [-0.15, -0.1) is 11.3 Å². The molecule has 2 heterocycles. The first-order valence-electron chi connectivity index (χ1n) is 12.8. The van der Waals surface area contributed by atoms with E-state index in [9.17, 15) is 8.42 Å². The van der Waals surface area contributed by atoms with Gasteiger partial charge < -0.3 is 4.90 Å². The molecule has 0 aliphatic carbocycles. The van der Waals surface area contributed by atoms with E-state index in [0.717, 1.165) is 32.0 Å². The molecular formula is C29H38N2O2S2. The first kappa shape index (κ1) is 26.1. The fraction of sp³-hybridized carbons (Fsp3) is 0.448. The third-order valence-corrected chi connectivity index (χ3v) is 10.5.